The van der Waals surface area contributed by atoms with Gasteiger partial charge in [-0.3, -0.25) is 4.90 Å². The minimum Gasteiger partial charge on any atom is -0.299 e. The summed E-state index contributed by atoms with van der Waals surface area (Å²) < 4.78 is 1.20. The SMILES string of the molecule is CCC(C)N(C)Cc1cc(Br)cs1. The quantitative estimate of drug-likeness (QED) is 0.799. The van der Waals surface area contributed by atoms with E-state index >= 15 is 0 Å². The van der Waals surface area contributed by atoms with Crippen molar-refractivity contribution in [2.24, 2.45) is 0 Å². The molecule has 1 aromatic rings. The van der Waals surface area contributed by atoms with Gasteiger partial charge in [0.05, 0.1) is 0 Å². The molecule has 1 nitrogen and oxygen atoms in total. The molecule has 0 radical (unpaired) electrons. The molecule has 1 atom stereocenters. The predicted octanol–water partition coefficient (Wildman–Crippen LogP) is 3.74. The largest absolute Gasteiger partial charge is 0.299 e. The first-order valence-electron chi connectivity index (χ1n) is 4.56. The molecule has 1 aromatic heterocycles. The maximum Gasteiger partial charge on any atom is 0.0328 e. The topological polar surface area (TPSA) is 3.24 Å². The van der Waals surface area contributed by atoms with Crippen molar-refractivity contribution in [1.29, 1.82) is 0 Å². The van der Waals surface area contributed by atoms with E-state index in [2.05, 4.69) is 53.2 Å². The fraction of sp³-hybridized carbons (Fsp3) is 0.600. The van der Waals surface area contributed by atoms with Crippen LogP contribution in [0.2, 0.25) is 0 Å². The summed E-state index contributed by atoms with van der Waals surface area (Å²) in [5, 5.41) is 2.14. The fourth-order valence-corrected chi connectivity index (χ4v) is 2.66. The minimum atomic E-state index is 0.667. The lowest BCUT2D eigenvalue weighted by atomic mass is 10.2. The van der Waals surface area contributed by atoms with Crippen LogP contribution >= 0.6 is 27.3 Å². The van der Waals surface area contributed by atoms with E-state index in [0.29, 0.717) is 6.04 Å². The zero-order valence-electron chi connectivity index (χ0n) is 8.38. The molecule has 0 N–H and O–H groups in total. The number of thiophene rings is 1. The van der Waals surface area contributed by atoms with Gasteiger partial charge in [0.25, 0.3) is 0 Å². The zero-order valence-corrected chi connectivity index (χ0v) is 10.8. The van der Waals surface area contributed by atoms with Crippen LogP contribution in [-0.4, -0.2) is 18.0 Å². The molecular weight excluding hydrogens is 246 g/mol. The molecule has 0 saturated heterocycles. The highest BCUT2D eigenvalue weighted by Gasteiger charge is 2.08. The van der Waals surface area contributed by atoms with Crippen LogP contribution in [0.3, 0.4) is 0 Å². The van der Waals surface area contributed by atoms with Crippen molar-refractivity contribution >= 4 is 27.3 Å². The first-order valence-corrected chi connectivity index (χ1v) is 6.24. The molecule has 0 aromatic carbocycles. The van der Waals surface area contributed by atoms with Crippen LogP contribution in [0.15, 0.2) is 15.9 Å². The van der Waals surface area contributed by atoms with Gasteiger partial charge in [-0.15, -0.1) is 11.3 Å². The molecule has 0 aliphatic heterocycles. The van der Waals surface area contributed by atoms with Crippen molar-refractivity contribution in [2.45, 2.75) is 32.9 Å². The molecule has 0 bridgehead atoms. The van der Waals surface area contributed by atoms with Gasteiger partial charge in [0.15, 0.2) is 0 Å². The average Bonchev–Trinajstić information content (AvgIpc) is 2.49. The Labute approximate surface area is 92.9 Å². The maximum atomic E-state index is 3.47. The van der Waals surface area contributed by atoms with Crippen LogP contribution in [-0.2, 0) is 6.54 Å². The summed E-state index contributed by atoms with van der Waals surface area (Å²) in [4.78, 5) is 3.81. The molecule has 0 amide bonds. The Morgan fingerprint density at radius 1 is 1.62 bits per heavy atom. The number of halogens is 1. The van der Waals surface area contributed by atoms with Gasteiger partial charge in [-0.1, -0.05) is 6.92 Å². The Kier molecular flexibility index (Phi) is 4.42. The molecule has 1 unspecified atom stereocenters. The number of nitrogens with zero attached hydrogens (tertiary/aromatic N) is 1. The van der Waals surface area contributed by atoms with Crippen LogP contribution in [0, 0.1) is 0 Å². The minimum absolute atomic E-state index is 0.667. The van der Waals surface area contributed by atoms with Gasteiger partial charge in [-0.05, 0) is 42.4 Å². The summed E-state index contributed by atoms with van der Waals surface area (Å²) in [6, 6.07) is 2.87. The monoisotopic (exact) mass is 261 g/mol. The van der Waals surface area contributed by atoms with Crippen LogP contribution < -0.4 is 0 Å². The number of rotatable bonds is 4. The Balaban J connectivity index is 2.49. The van der Waals surface area contributed by atoms with Crippen LogP contribution in [0.25, 0.3) is 0 Å². The first kappa shape index (κ1) is 11.2. The molecular formula is C10H16BrNS. The normalized spacial score (nSPS) is 13.6. The van der Waals surface area contributed by atoms with Gasteiger partial charge in [-0.25, -0.2) is 0 Å². The highest BCUT2D eigenvalue weighted by molar-refractivity contribution is 9.10. The lowest BCUT2D eigenvalue weighted by Gasteiger charge is -2.22. The van der Waals surface area contributed by atoms with Gasteiger partial charge in [0, 0.05) is 27.3 Å². The molecule has 0 aliphatic carbocycles. The molecule has 0 aliphatic rings. The summed E-state index contributed by atoms with van der Waals surface area (Å²) in [7, 11) is 2.18. The van der Waals surface area contributed by atoms with Crippen molar-refractivity contribution in [3.05, 3.63) is 20.8 Å². The maximum absolute atomic E-state index is 3.47. The third-order valence-electron chi connectivity index (χ3n) is 2.37. The summed E-state index contributed by atoms with van der Waals surface area (Å²) in [5.74, 6) is 0. The molecule has 0 saturated carbocycles. The highest BCUT2D eigenvalue weighted by Crippen LogP contribution is 2.21. The first-order chi connectivity index (χ1) is 6.13. The second kappa shape index (κ2) is 5.13. The lowest BCUT2D eigenvalue weighted by Crippen LogP contribution is -2.27. The number of hydrogen-bond donors (Lipinski definition) is 0. The van der Waals surface area contributed by atoms with Gasteiger partial charge in [0.1, 0.15) is 0 Å². The Morgan fingerprint density at radius 2 is 2.31 bits per heavy atom. The molecule has 1 heterocycles. The van der Waals surface area contributed by atoms with E-state index in [4.69, 9.17) is 0 Å². The smallest absolute Gasteiger partial charge is 0.0328 e. The van der Waals surface area contributed by atoms with Crippen LogP contribution in [0.1, 0.15) is 25.1 Å². The standard InChI is InChI=1S/C10H16BrNS/c1-4-8(2)12(3)6-10-5-9(11)7-13-10/h5,7-8H,4,6H2,1-3H3. The van der Waals surface area contributed by atoms with Crippen LogP contribution in [0.5, 0.6) is 0 Å². The van der Waals surface area contributed by atoms with E-state index in [9.17, 15) is 0 Å². The van der Waals surface area contributed by atoms with Gasteiger partial charge in [-0.2, -0.15) is 0 Å². The van der Waals surface area contributed by atoms with Gasteiger partial charge >= 0.3 is 0 Å². The molecule has 0 fully saturated rings. The molecule has 13 heavy (non-hydrogen) atoms. The van der Waals surface area contributed by atoms with E-state index < -0.39 is 0 Å². The molecule has 74 valence electrons. The lowest BCUT2D eigenvalue weighted by molar-refractivity contribution is 0.246. The van der Waals surface area contributed by atoms with Crippen molar-refractivity contribution < 1.29 is 0 Å². The summed E-state index contributed by atoms with van der Waals surface area (Å²) >= 11 is 5.29. The van der Waals surface area contributed by atoms with Crippen molar-refractivity contribution in [3.8, 4) is 0 Å². The number of hydrogen-bond acceptors (Lipinski definition) is 2. The zero-order chi connectivity index (χ0) is 9.84. The molecule has 0 spiro atoms. The Morgan fingerprint density at radius 3 is 2.77 bits per heavy atom. The summed E-state index contributed by atoms with van der Waals surface area (Å²) in [6.07, 6.45) is 1.21. The van der Waals surface area contributed by atoms with E-state index in [1.54, 1.807) is 0 Å². The van der Waals surface area contributed by atoms with E-state index in [0.717, 1.165) is 6.54 Å². The second-order valence-corrected chi connectivity index (χ2v) is 5.32. The fourth-order valence-electron chi connectivity index (χ4n) is 1.15. The Bertz CT molecular complexity index is 259. The van der Waals surface area contributed by atoms with E-state index in [1.165, 1.54) is 15.8 Å². The van der Waals surface area contributed by atoms with Crippen molar-refractivity contribution in [2.75, 3.05) is 7.05 Å². The van der Waals surface area contributed by atoms with Crippen molar-refractivity contribution in [3.63, 3.8) is 0 Å². The van der Waals surface area contributed by atoms with Gasteiger partial charge < -0.3 is 0 Å². The van der Waals surface area contributed by atoms with E-state index in [1.807, 2.05) is 11.3 Å². The van der Waals surface area contributed by atoms with E-state index in [-0.39, 0.29) is 0 Å². The second-order valence-electron chi connectivity index (χ2n) is 3.40. The summed E-state index contributed by atoms with van der Waals surface area (Å²) in [5.41, 5.74) is 0. The predicted molar refractivity (Wildman–Crippen MR) is 63.2 cm³/mol. The van der Waals surface area contributed by atoms with Crippen molar-refractivity contribution in [1.82, 2.24) is 4.90 Å². The molecule has 3 heteroatoms. The Hall–Kier alpha value is 0.140. The van der Waals surface area contributed by atoms with Crippen LogP contribution in [0.4, 0.5) is 0 Å². The third-order valence-corrected chi connectivity index (χ3v) is 4.05. The highest BCUT2D eigenvalue weighted by atomic mass is 79.9. The van der Waals surface area contributed by atoms with Gasteiger partial charge in [0.2, 0.25) is 0 Å². The third kappa shape index (κ3) is 3.41. The average molecular weight is 262 g/mol. The molecule has 1 rings (SSSR count). The summed E-state index contributed by atoms with van der Waals surface area (Å²) in [6.45, 7) is 5.55.